The molecule has 0 saturated heterocycles. The molecule has 2 heterocycles. The van der Waals surface area contributed by atoms with Crippen LogP contribution in [0, 0.1) is 6.92 Å². The fraction of sp³-hybridized carbons (Fsp3) is 0.200. The second-order valence-electron chi connectivity index (χ2n) is 6.02. The summed E-state index contributed by atoms with van der Waals surface area (Å²) in [7, 11) is 0. The summed E-state index contributed by atoms with van der Waals surface area (Å²) in [5.74, 6) is 0.569. The Labute approximate surface area is 157 Å². The summed E-state index contributed by atoms with van der Waals surface area (Å²) in [5.41, 5.74) is 2.49. The van der Waals surface area contributed by atoms with Crippen molar-refractivity contribution in [1.82, 2.24) is 20.3 Å². The van der Waals surface area contributed by atoms with Crippen LogP contribution >= 0.6 is 0 Å². The van der Waals surface area contributed by atoms with E-state index in [0.29, 0.717) is 5.82 Å². The fourth-order valence-electron chi connectivity index (χ4n) is 2.62. The average Bonchev–Trinajstić information content (AvgIpc) is 2.68. The van der Waals surface area contributed by atoms with Crippen molar-refractivity contribution in [2.24, 2.45) is 0 Å². The van der Waals surface area contributed by atoms with Crippen LogP contribution in [0.15, 0.2) is 55.0 Å². The first-order chi connectivity index (χ1) is 13.0. The minimum atomic E-state index is -0.302. The standard InChI is InChI=1S/C20H20N4O3/c1-13(23-19(26)12-27-18-6-4-3-5-17(18)25)16-11-22-20(24-14(16)2)15-7-9-21-10-8-15/h3-11,13,25H,12H2,1-2H3,(H,23,26)/t13-/m1/s1. The maximum absolute atomic E-state index is 12.1. The van der Waals surface area contributed by atoms with E-state index in [-0.39, 0.29) is 30.1 Å². The Balaban J connectivity index is 1.63. The number of aromatic hydroxyl groups is 1. The quantitative estimate of drug-likeness (QED) is 0.698. The van der Waals surface area contributed by atoms with Crippen molar-refractivity contribution in [3.8, 4) is 22.9 Å². The highest BCUT2D eigenvalue weighted by Crippen LogP contribution is 2.24. The number of ether oxygens (including phenoxy) is 1. The lowest BCUT2D eigenvalue weighted by Crippen LogP contribution is -2.31. The molecule has 1 atom stereocenters. The summed E-state index contributed by atoms with van der Waals surface area (Å²) in [6, 6.07) is 9.91. The van der Waals surface area contributed by atoms with Crippen LogP contribution in [0.4, 0.5) is 0 Å². The van der Waals surface area contributed by atoms with Gasteiger partial charge in [-0.2, -0.15) is 0 Å². The topological polar surface area (TPSA) is 97.2 Å². The molecule has 2 aromatic heterocycles. The number of benzene rings is 1. The Morgan fingerprint density at radius 3 is 2.67 bits per heavy atom. The molecule has 0 bridgehead atoms. The number of aryl methyl sites for hydroxylation is 1. The number of nitrogens with one attached hydrogen (secondary N) is 1. The first kappa shape index (κ1) is 18.3. The summed E-state index contributed by atoms with van der Waals surface area (Å²) in [6.45, 7) is 3.54. The van der Waals surface area contributed by atoms with Gasteiger partial charge in [0.2, 0.25) is 0 Å². The van der Waals surface area contributed by atoms with E-state index in [1.807, 2.05) is 26.0 Å². The van der Waals surface area contributed by atoms with Crippen molar-refractivity contribution < 1.29 is 14.6 Å². The summed E-state index contributed by atoms with van der Waals surface area (Å²) >= 11 is 0. The van der Waals surface area contributed by atoms with Crippen molar-refractivity contribution in [3.05, 3.63) is 66.2 Å². The van der Waals surface area contributed by atoms with Crippen LogP contribution in [-0.4, -0.2) is 32.6 Å². The van der Waals surface area contributed by atoms with E-state index < -0.39 is 0 Å². The third-order valence-corrected chi connectivity index (χ3v) is 4.02. The number of phenolic OH excluding ortho intramolecular Hbond substituents is 1. The van der Waals surface area contributed by atoms with Crippen LogP contribution in [0.5, 0.6) is 11.5 Å². The molecule has 0 aliphatic carbocycles. The average molecular weight is 364 g/mol. The molecule has 2 N–H and O–H groups in total. The van der Waals surface area contributed by atoms with E-state index in [4.69, 9.17) is 4.74 Å². The van der Waals surface area contributed by atoms with Gasteiger partial charge in [-0.1, -0.05) is 12.1 Å². The highest BCUT2D eigenvalue weighted by atomic mass is 16.5. The third kappa shape index (κ3) is 4.58. The summed E-state index contributed by atoms with van der Waals surface area (Å²) in [6.07, 6.45) is 5.09. The zero-order valence-corrected chi connectivity index (χ0v) is 15.1. The Kier molecular flexibility index (Phi) is 5.61. The highest BCUT2D eigenvalue weighted by molar-refractivity contribution is 5.78. The Bertz CT molecular complexity index is 932. The van der Waals surface area contributed by atoms with Gasteiger partial charge in [-0.05, 0) is 38.1 Å². The fourth-order valence-corrected chi connectivity index (χ4v) is 2.62. The second-order valence-corrected chi connectivity index (χ2v) is 6.02. The number of aromatic nitrogens is 3. The lowest BCUT2D eigenvalue weighted by atomic mass is 10.1. The SMILES string of the molecule is Cc1nc(-c2ccncc2)ncc1[C@@H](C)NC(=O)COc1ccccc1O. The number of amides is 1. The molecular formula is C20H20N4O3. The zero-order valence-electron chi connectivity index (χ0n) is 15.1. The minimum absolute atomic E-state index is 0.00528. The van der Waals surface area contributed by atoms with E-state index >= 15 is 0 Å². The molecule has 0 unspecified atom stereocenters. The number of hydrogen-bond donors (Lipinski definition) is 2. The number of nitrogens with zero attached hydrogens (tertiary/aromatic N) is 3. The normalized spacial score (nSPS) is 11.6. The Morgan fingerprint density at radius 1 is 1.22 bits per heavy atom. The predicted molar refractivity (Wildman–Crippen MR) is 100 cm³/mol. The van der Waals surface area contributed by atoms with Gasteiger partial charge >= 0.3 is 0 Å². The van der Waals surface area contributed by atoms with Crippen molar-refractivity contribution >= 4 is 5.91 Å². The molecular weight excluding hydrogens is 344 g/mol. The first-order valence-electron chi connectivity index (χ1n) is 8.48. The lowest BCUT2D eigenvalue weighted by Gasteiger charge is -2.16. The zero-order chi connectivity index (χ0) is 19.2. The Morgan fingerprint density at radius 2 is 1.96 bits per heavy atom. The van der Waals surface area contributed by atoms with Crippen molar-refractivity contribution in [2.45, 2.75) is 19.9 Å². The monoisotopic (exact) mass is 364 g/mol. The van der Waals surface area contributed by atoms with Gasteiger partial charge in [-0.25, -0.2) is 9.97 Å². The van der Waals surface area contributed by atoms with Gasteiger partial charge < -0.3 is 15.2 Å². The van der Waals surface area contributed by atoms with Gasteiger partial charge in [-0.15, -0.1) is 0 Å². The van der Waals surface area contributed by atoms with Crippen LogP contribution in [0.1, 0.15) is 24.2 Å². The van der Waals surface area contributed by atoms with Crippen molar-refractivity contribution in [1.29, 1.82) is 0 Å². The molecule has 138 valence electrons. The van der Waals surface area contributed by atoms with E-state index in [1.165, 1.54) is 6.07 Å². The van der Waals surface area contributed by atoms with Gasteiger partial charge in [0.05, 0.1) is 6.04 Å². The number of rotatable bonds is 6. The van der Waals surface area contributed by atoms with Crippen molar-refractivity contribution in [2.75, 3.05) is 6.61 Å². The molecule has 0 spiro atoms. The molecule has 0 aliphatic heterocycles. The smallest absolute Gasteiger partial charge is 0.258 e. The van der Waals surface area contributed by atoms with Gasteiger partial charge in [-0.3, -0.25) is 9.78 Å². The third-order valence-electron chi connectivity index (χ3n) is 4.02. The molecule has 27 heavy (non-hydrogen) atoms. The number of hydrogen-bond acceptors (Lipinski definition) is 6. The summed E-state index contributed by atoms with van der Waals surface area (Å²) in [4.78, 5) is 25.0. The number of phenols is 1. The number of pyridine rings is 1. The predicted octanol–water partition coefficient (Wildman–Crippen LogP) is 2.81. The minimum Gasteiger partial charge on any atom is -0.504 e. The summed E-state index contributed by atoms with van der Waals surface area (Å²) in [5, 5.41) is 12.5. The molecule has 7 heteroatoms. The molecule has 7 nitrogen and oxygen atoms in total. The molecule has 3 aromatic rings. The molecule has 1 aromatic carbocycles. The van der Waals surface area contributed by atoms with Gasteiger partial charge in [0.1, 0.15) is 0 Å². The molecule has 0 fully saturated rings. The highest BCUT2D eigenvalue weighted by Gasteiger charge is 2.15. The van der Waals surface area contributed by atoms with E-state index in [0.717, 1.165) is 16.8 Å². The molecule has 0 saturated carbocycles. The largest absolute Gasteiger partial charge is 0.504 e. The number of carbonyl (C=O) groups is 1. The van der Waals surface area contributed by atoms with Gasteiger partial charge in [0.15, 0.2) is 23.9 Å². The van der Waals surface area contributed by atoms with Crippen LogP contribution in [0.2, 0.25) is 0 Å². The van der Waals surface area contributed by atoms with Crippen LogP contribution in [-0.2, 0) is 4.79 Å². The van der Waals surface area contributed by atoms with Crippen LogP contribution in [0.25, 0.3) is 11.4 Å². The van der Waals surface area contributed by atoms with Gasteiger partial charge in [0, 0.05) is 35.4 Å². The van der Waals surface area contributed by atoms with Crippen LogP contribution in [0.3, 0.4) is 0 Å². The maximum Gasteiger partial charge on any atom is 0.258 e. The second kappa shape index (κ2) is 8.27. The summed E-state index contributed by atoms with van der Waals surface area (Å²) < 4.78 is 5.34. The van der Waals surface area contributed by atoms with E-state index in [2.05, 4.69) is 20.3 Å². The maximum atomic E-state index is 12.1. The molecule has 3 rings (SSSR count). The van der Waals surface area contributed by atoms with E-state index in [9.17, 15) is 9.90 Å². The number of para-hydroxylation sites is 2. The molecule has 0 radical (unpaired) electrons. The van der Waals surface area contributed by atoms with Crippen molar-refractivity contribution in [3.63, 3.8) is 0 Å². The molecule has 0 aliphatic rings. The number of carbonyl (C=O) groups excluding carboxylic acids is 1. The lowest BCUT2D eigenvalue weighted by molar-refractivity contribution is -0.123. The molecule has 1 amide bonds. The first-order valence-corrected chi connectivity index (χ1v) is 8.48. The van der Waals surface area contributed by atoms with Crippen LogP contribution < -0.4 is 10.1 Å². The Hall–Kier alpha value is -3.48. The van der Waals surface area contributed by atoms with E-state index in [1.54, 1.807) is 36.8 Å². The van der Waals surface area contributed by atoms with Gasteiger partial charge in [0.25, 0.3) is 5.91 Å².